The van der Waals surface area contributed by atoms with Crippen LogP contribution < -0.4 is 10.6 Å². The first-order valence-corrected chi connectivity index (χ1v) is 6.54. The van der Waals surface area contributed by atoms with Crippen LogP contribution >= 0.6 is 15.9 Å². The molecule has 1 heterocycles. The maximum atomic E-state index is 11.6. The predicted octanol–water partition coefficient (Wildman–Crippen LogP) is 1.05. The summed E-state index contributed by atoms with van der Waals surface area (Å²) >= 11 is 3.08. The second-order valence-electron chi connectivity index (χ2n) is 4.73. The molecule has 0 radical (unpaired) electrons. The fourth-order valence-electron chi connectivity index (χ4n) is 1.19. The molecule has 19 heavy (non-hydrogen) atoms. The SMILES string of the molecule is CC(O)C(C)(C)NC(=O)CNC(=O)c1ccc(Br)o1. The van der Waals surface area contributed by atoms with E-state index in [9.17, 15) is 14.7 Å². The summed E-state index contributed by atoms with van der Waals surface area (Å²) in [5.41, 5.74) is -0.754. The molecule has 2 amide bonds. The van der Waals surface area contributed by atoms with Crippen LogP contribution in [-0.4, -0.2) is 35.1 Å². The number of nitrogens with one attached hydrogen (secondary N) is 2. The number of carbonyl (C=O) groups excluding carboxylic acids is 2. The van der Waals surface area contributed by atoms with E-state index in [1.165, 1.54) is 6.07 Å². The summed E-state index contributed by atoms with van der Waals surface area (Å²) in [5.74, 6) is -0.741. The summed E-state index contributed by atoms with van der Waals surface area (Å²) in [6, 6.07) is 3.09. The van der Waals surface area contributed by atoms with Crippen molar-refractivity contribution in [3.05, 3.63) is 22.6 Å². The summed E-state index contributed by atoms with van der Waals surface area (Å²) in [4.78, 5) is 23.2. The minimum Gasteiger partial charge on any atom is -0.444 e. The van der Waals surface area contributed by atoms with Crippen molar-refractivity contribution in [3.63, 3.8) is 0 Å². The Hall–Kier alpha value is -1.34. The highest BCUT2D eigenvalue weighted by atomic mass is 79.9. The lowest BCUT2D eigenvalue weighted by Gasteiger charge is -2.29. The van der Waals surface area contributed by atoms with Gasteiger partial charge in [-0.25, -0.2) is 0 Å². The number of furan rings is 1. The van der Waals surface area contributed by atoms with Gasteiger partial charge in [0.2, 0.25) is 5.91 Å². The predicted molar refractivity (Wildman–Crippen MR) is 72.6 cm³/mol. The maximum absolute atomic E-state index is 11.6. The fourth-order valence-corrected chi connectivity index (χ4v) is 1.50. The van der Waals surface area contributed by atoms with Crippen LogP contribution in [0.5, 0.6) is 0 Å². The molecule has 3 N–H and O–H groups in total. The second kappa shape index (κ2) is 6.21. The Balaban J connectivity index is 2.45. The molecule has 0 saturated carbocycles. The zero-order valence-corrected chi connectivity index (χ0v) is 12.6. The lowest BCUT2D eigenvalue weighted by atomic mass is 9.99. The number of aliphatic hydroxyl groups excluding tert-OH is 1. The van der Waals surface area contributed by atoms with Crippen LogP contribution in [0.25, 0.3) is 0 Å². The molecule has 0 aliphatic heterocycles. The zero-order chi connectivity index (χ0) is 14.6. The van der Waals surface area contributed by atoms with E-state index in [1.54, 1.807) is 26.8 Å². The van der Waals surface area contributed by atoms with E-state index in [0.29, 0.717) is 4.67 Å². The standard InChI is InChI=1S/C12H17BrN2O4/c1-7(16)12(2,3)15-10(17)6-14-11(18)8-4-5-9(13)19-8/h4-5,7,16H,6H2,1-3H3,(H,14,18)(H,15,17). The number of halogens is 1. The van der Waals surface area contributed by atoms with E-state index < -0.39 is 17.6 Å². The highest BCUT2D eigenvalue weighted by molar-refractivity contribution is 9.10. The van der Waals surface area contributed by atoms with Crippen molar-refractivity contribution in [2.24, 2.45) is 0 Å². The Kier molecular flexibility index (Phi) is 5.13. The van der Waals surface area contributed by atoms with Crippen molar-refractivity contribution < 1.29 is 19.1 Å². The third-order valence-electron chi connectivity index (χ3n) is 2.71. The Bertz CT molecular complexity index is 468. The molecule has 0 aliphatic rings. The van der Waals surface area contributed by atoms with Gasteiger partial charge in [0.1, 0.15) is 0 Å². The van der Waals surface area contributed by atoms with Gasteiger partial charge >= 0.3 is 0 Å². The molecular formula is C12H17BrN2O4. The van der Waals surface area contributed by atoms with Crippen LogP contribution in [0, 0.1) is 0 Å². The van der Waals surface area contributed by atoms with Crippen LogP contribution in [-0.2, 0) is 4.79 Å². The Morgan fingerprint density at radius 3 is 2.58 bits per heavy atom. The number of amides is 2. The van der Waals surface area contributed by atoms with Gasteiger partial charge in [0, 0.05) is 0 Å². The molecule has 0 bridgehead atoms. The molecule has 0 fully saturated rings. The van der Waals surface area contributed by atoms with E-state index in [2.05, 4.69) is 26.6 Å². The minimum absolute atomic E-state index is 0.120. The maximum Gasteiger partial charge on any atom is 0.287 e. The summed E-state index contributed by atoms with van der Waals surface area (Å²) in [6.07, 6.45) is -0.701. The van der Waals surface area contributed by atoms with Crippen LogP contribution in [0.4, 0.5) is 0 Å². The van der Waals surface area contributed by atoms with E-state index in [1.807, 2.05) is 0 Å². The number of rotatable bonds is 5. The average molecular weight is 333 g/mol. The Labute approximate surface area is 119 Å². The monoisotopic (exact) mass is 332 g/mol. The molecule has 106 valence electrons. The van der Waals surface area contributed by atoms with Gasteiger partial charge in [0.05, 0.1) is 18.2 Å². The minimum atomic E-state index is -0.754. The van der Waals surface area contributed by atoms with E-state index in [-0.39, 0.29) is 18.2 Å². The van der Waals surface area contributed by atoms with Gasteiger partial charge in [-0.15, -0.1) is 0 Å². The smallest absolute Gasteiger partial charge is 0.287 e. The van der Waals surface area contributed by atoms with Gasteiger partial charge in [0.25, 0.3) is 5.91 Å². The third kappa shape index (κ3) is 4.68. The molecule has 6 nitrogen and oxygen atoms in total. The summed E-state index contributed by atoms with van der Waals surface area (Å²) in [6.45, 7) is 4.79. The van der Waals surface area contributed by atoms with E-state index >= 15 is 0 Å². The Morgan fingerprint density at radius 1 is 1.47 bits per heavy atom. The molecule has 0 aliphatic carbocycles. The molecule has 1 rings (SSSR count). The largest absolute Gasteiger partial charge is 0.444 e. The molecule has 1 aromatic heterocycles. The molecule has 1 atom stereocenters. The van der Waals surface area contributed by atoms with Gasteiger partial charge in [-0.05, 0) is 48.8 Å². The molecule has 1 unspecified atom stereocenters. The van der Waals surface area contributed by atoms with Gasteiger partial charge in [-0.3, -0.25) is 9.59 Å². The highest BCUT2D eigenvalue weighted by Gasteiger charge is 2.26. The van der Waals surface area contributed by atoms with Gasteiger partial charge < -0.3 is 20.2 Å². The normalized spacial score (nSPS) is 12.9. The molecule has 0 saturated heterocycles. The number of hydrogen-bond donors (Lipinski definition) is 3. The van der Waals surface area contributed by atoms with Crippen LogP contribution in [0.15, 0.2) is 21.2 Å². The fraction of sp³-hybridized carbons (Fsp3) is 0.500. The molecule has 7 heteroatoms. The number of aliphatic hydroxyl groups is 1. The average Bonchev–Trinajstić information content (AvgIpc) is 2.72. The Morgan fingerprint density at radius 2 is 2.11 bits per heavy atom. The van der Waals surface area contributed by atoms with Crippen molar-refractivity contribution in [2.75, 3.05) is 6.54 Å². The van der Waals surface area contributed by atoms with Crippen molar-refractivity contribution in [2.45, 2.75) is 32.4 Å². The van der Waals surface area contributed by atoms with Crippen molar-refractivity contribution in [1.29, 1.82) is 0 Å². The van der Waals surface area contributed by atoms with Crippen molar-refractivity contribution >= 4 is 27.7 Å². The summed E-state index contributed by atoms with van der Waals surface area (Å²) < 4.78 is 5.49. The first-order chi connectivity index (χ1) is 8.72. The first kappa shape index (κ1) is 15.7. The second-order valence-corrected chi connectivity index (χ2v) is 5.51. The van der Waals surface area contributed by atoms with Crippen molar-refractivity contribution in [3.8, 4) is 0 Å². The van der Waals surface area contributed by atoms with Crippen LogP contribution in [0.1, 0.15) is 31.3 Å². The molecule has 0 spiro atoms. The van der Waals surface area contributed by atoms with E-state index in [4.69, 9.17) is 4.42 Å². The van der Waals surface area contributed by atoms with Gasteiger partial charge in [0.15, 0.2) is 10.4 Å². The molecule has 1 aromatic rings. The van der Waals surface area contributed by atoms with Gasteiger partial charge in [-0.2, -0.15) is 0 Å². The highest BCUT2D eigenvalue weighted by Crippen LogP contribution is 2.13. The topological polar surface area (TPSA) is 91.6 Å². The lowest BCUT2D eigenvalue weighted by molar-refractivity contribution is -0.123. The molecular weight excluding hydrogens is 316 g/mol. The first-order valence-electron chi connectivity index (χ1n) is 5.75. The quantitative estimate of drug-likeness (QED) is 0.751. The van der Waals surface area contributed by atoms with E-state index in [0.717, 1.165) is 0 Å². The van der Waals surface area contributed by atoms with Crippen molar-refractivity contribution in [1.82, 2.24) is 10.6 Å². The van der Waals surface area contributed by atoms with Crippen LogP contribution in [0.3, 0.4) is 0 Å². The summed E-state index contributed by atoms with van der Waals surface area (Å²) in [5, 5.41) is 14.5. The molecule has 0 aromatic carbocycles. The third-order valence-corrected chi connectivity index (χ3v) is 3.14. The number of hydrogen-bond acceptors (Lipinski definition) is 4. The lowest BCUT2D eigenvalue weighted by Crippen LogP contribution is -2.53. The van der Waals surface area contributed by atoms with Crippen LogP contribution in [0.2, 0.25) is 0 Å². The number of carbonyl (C=O) groups is 2. The van der Waals surface area contributed by atoms with Gasteiger partial charge in [-0.1, -0.05) is 0 Å². The summed E-state index contributed by atoms with van der Waals surface area (Å²) in [7, 11) is 0. The zero-order valence-electron chi connectivity index (χ0n) is 11.0.